The van der Waals surface area contributed by atoms with Gasteiger partial charge in [0, 0.05) is 23.6 Å². The van der Waals surface area contributed by atoms with Crippen molar-refractivity contribution in [3.05, 3.63) is 108 Å². The van der Waals surface area contributed by atoms with E-state index in [1.807, 2.05) is 60.7 Å². The van der Waals surface area contributed by atoms with Crippen LogP contribution < -0.4 is 9.47 Å². The Morgan fingerprint density at radius 2 is 0.917 bits per heavy atom. The van der Waals surface area contributed by atoms with Gasteiger partial charge < -0.3 is 19.7 Å². The van der Waals surface area contributed by atoms with E-state index in [1.165, 1.54) is 0 Å². The zero-order chi connectivity index (χ0) is 25.0. The number of phenolic OH excluding ortho intramolecular Hbond substituents is 2. The van der Waals surface area contributed by atoms with E-state index in [1.54, 1.807) is 48.8 Å². The number of hydrogen-bond acceptors (Lipinski definition) is 6. The summed E-state index contributed by atoms with van der Waals surface area (Å²) in [4.78, 5) is 8.97. The number of hydrogen-bond donors (Lipinski definition) is 2. The summed E-state index contributed by atoms with van der Waals surface area (Å²) < 4.78 is 11.9. The third-order valence-electron chi connectivity index (χ3n) is 5.34. The molecular weight excluding hydrogens is 452 g/mol. The van der Waals surface area contributed by atoms with Gasteiger partial charge in [0.15, 0.2) is 0 Å². The van der Waals surface area contributed by atoms with Gasteiger partial charge in [0.2, 0.25) is 0 Å². The van der Waals surface area contributed by atoms with Gasteiger partial charge in [-0.05, 0) is 61.4 Å². The molecule has 0 fully saturated rings. The summed E-state index contributed by atoms with van der Waals surface area (Å²) in [5.74, 6) is 1.75. The first kappa shape index (κ1) is 24.5. The Balaban J connectivity index is 1.26. The highest BCUT2D eigenvalue weighted by atomic mass is 16.5. The summed E-state index contributed by atoms with van der Waals surface area (Å²) in [6.45, 7) is 1.05. The Hall–Kier alpha value is -4.58. The van der Waals surface area contributed by atoms with E-state index in [2.05, 4.69) is 9.98 Å². The van der Waals surface area contributed by atoms with Crippen molar-refractivity contribution in [3.63, 3.8) is 0 Å². The lowest BCUT2D eigenvalue weighted by molar-refractivity contribution is 0.267. The molecule has 0 heterocycles. The Morgan fingerprint density at radius 3 is 1.36 bits per heavy atom. The number of unbranched alkanes of at least 4 members (excludes halogenated alkanes) is 1. The van der Waals surface area contributed by atoms with Crippen LogP contribution in [0.25, 0.3) is 0 Å². The average Bonchev–Trinajstić information content (AvgIpc) is 2.91. The van der Waals surface area contributed by atoms with E-state index >= 15 is 0 Å². The van der Waals surface area contributed by atoms with Gasteiger partial charge in [-0.2, -0.15) is 0 Å². The molecule has 0 aliphatic rings. The summed E-state index contributed by atoms with van der Waals surface area (Å²) in [7, 11) is 0. The molecule has 0 spiro atoms. The van der Waals surface area contributed by atoms with Crippen molar-refractivity contribution in [3.8, 4) is 23.0 Å². The Morgan fingerprint density at radius 1 is 0.528 bits per heavy atom. The van der Waals surface area contributed by atoms with Crippen molar-refractivity contribution < 1.29 is 19.7 Å². The monoisotopic (exact) mass is 480 g/mol. The van der Waals surface area contributed by atoms with E-state index in [4.69, 9.17) is 9.47 Å². The molecule has 6 nitrogen and oxygen atoms in total. The minimum atomic E-state index is 0.185. The van der Waals surface area contributed by atoms with Crippen molar-refractivity contribution in [1.29, 1.82) is 0 Å². The third kappa shape index (κ3) is 6.96. The quantitative estimate of drug-likeness (QED) is 0.182. The summed E-state index contributed by atoms with van der Waals surface area (Å²) in [5, 5.41) is 19.8. The molecule has 0 saturated carbocycles. The number of phenols is 2. The van der Waals surface area contributed by atoms with E-state index < -0.39 is 0 Å². The van der Waals surface area contributed by atoms with Crippen LogP contribution in [0, 0.1) is 0 Å². The molecular formula is C30H28N2O4. The fraction of sp³-hybridized carbons (Fsp3) is 0.133. The van der Waals surface area contributed by atoms with Crippen LogP contribution in [-0.4, -0.2) is 35.9 Å². The second kappa shape index (κ2) is 12.8. The van der Waals surface area contributed by atoms with Crippen LogP contribution in [0.2, 0.25) is 0 Å². The molecule has 4 aromatic carbocycles. The van der Waals surface area contributed by atoms with Crippen molar-refractivity contribution in [2.24, 2.45) is 9.98 Å². The van der Waals surface area contributed by atoms with Gasteiger partial charge in [-0.3, -0.25) is 9.98 Å². The minimum absolute atomic E-state index is 0.185. The predicted molar refractivity (Wildman–Crippen MR) is 144 cm³/mol. The molecule has 0 aliphatic carbocycles. The molecule has 0 aromatic heterocycles. The Kier molecular flexibility index (Phi) is 8.70. The molecule has 36 heavy (non-hydrogen) atoms. The fourth-order valence-electron chi connectivity index (χ4n) is 3.41. The lowest BCUT2D eigenvalue weighted by Gasteiger charge is -2.10. The van der Waals surface area contributed by atoms with Gasteiger partial charge in [-0.25, -0.2) is 0 Å². The largest absolute Gasteiger partial charge is 0.507 e. The summed E-state index contributed by atoms with van der Waals surface area (Å²) in [6, 6.07) is 29.2. The maximum Gasteiger partial charge on any atom is 0.144 e. The number of aliphatic imine (C=N–C) groups is 2. The van der Waals surface area contributed by atoms with Crippen LogP contribution in [0.5, 0.6) is 23.0 Å². The number of nitrogens with zero attached hydrogens (tertiary/aromatic N) is 2. The molecule has 182 valence electrons. The lowest BCUT2D eigenvalue weighted by atomic mass is 10.2. The van der Waals surface area contributed by atoms with Gasteiger partial charge in [-0.1, -0.05) is 48.5 Å². The predicted octanol–water partition coefficient (Wildman–Crippen LogP) is 6.84. The van der Waals surface area contributed by atoms with Gasteiger partial charge >= 0.3 is 0 Å². The van der Waals surface area contributed by atoms with Crippen LogP contribution in [0.4, 0.5) is 11.4 Å². The average molecular weight is 481 g/mol. The van der Waals surface area contributed by atoms with Crippen molar-refractivity contribution in [2.45, 2.75) is 12.8 Å². The highest BCUT2D eigenvalue weighted by Gasteiger charge is 2.04. The van der Waals surface area contributed by atoms with Crippen LogP contribution in [-0.2, 0) is 0 Å². The second-order valence-electron chi connectivity index (χ2n) is 7.97. The van der Waals surface area contributed by atoms with Gasteiger partial charge in [0.25, 0.3) is 0 Å². The maximum absolute atomic E-state index is 9.92. The topological polar surface area (TPSA) is 83.6 Å². The summed E-state index contributed by atoms with van der Waals surface area (Å²) in [6.07, 6.45) is 4.87. The van der Waals surface area contributed by atoms with E-state index in [9.17, 15) is 10.2 Å². The fourth-order valence-corrected chi connectivity index (χ4v) is 3.41. The Bertz CT molecular complexity index is 1230. The number of rotatable bonds is 11. The number of aromatic hydroxyl groups is 2. The van der Waals surface area contributed by atoms with Crippen molar-refractivity contribution in [2.75, 3.05) is 13.2 Å². The molecule has 0 bridgehead atoms. The van der Waals surface area contributed by atoms with Gasteiger partial charge in [0.1, 0.15) is 34.4 Å². The van der Waals surface area contributed by atoms with E-state index in [0.29, 0.717) is 47.2 Å². The van der Waals surface area contributed by atoms with E-state index in [0.717, 1.165) is 12.8 Å². The van der Waals surface area contributed by atoms with Gasteiger partial charge in [-0.15, -0.1) is 0 Å². The van der Waals surface area contributed by atoms with Crippen LogP contribution in [0.1, 0.15) is 24.0 Å². The number of para-hydroxylation sites is 6. The zero-order valence-electron chi connectivity index (χ0n) is 19.8. The lowest BCUT2D eigenvalue weighted by Crippen LogP contribution is -2.03. The molecule has 0 atom stereocenters. The maximum atomic E-state index is 9.92. The van der Waals surface area contributed by atoms with Crippen LogP contribution >= 0.6 is 0 Å². The summed E-state index contributed by atoms with van der Waals surface area (Å²) >= 11 is 0. The molecule has 0 unspecified atom stereocenters. The molecule has 0 saturated heterocycles. The first-order valence-electron chi connectivity index (χ1n) is 11.8. The molecule has 2 N–H and O–H groups in total. The highest BCUT2D eigenvalue weighted by molar-refractivity contribution is 5.86. The molecule has 0 aliphatic heterocycles. The molecule has 4 rings (SSSR count). The molecule has 6 heteroatoms. The molecule has 4 aromatic rings. The van der Waals surface area contributed by atoms with Crippen LogP contribution in [0.3, 0.4) is 0 Å². The normalized spacial score (nSPS) is 11.2. The molecule has 0 radical (unpaired) electrons. The first-order valence-corrected chi connectivity index (χ1v) is 11.8. The Labute approximate surface area is 210 Å². The highest BCUT2D eigenvalue weighted by Crippen LogP contribution is 2.29. The zero-order valence-corrected chi connectivity index (χ0v) is 19.8. The minimum Gasteiger partial charge on any atom is -0.507 e. The van der Waals surface area contributed by atoms with Crippen molar-refractivity contribution in [1.82, 2.24) is 0 Å². The summed E-state index contributed by atoms with van der Waals surface area (Å²) in [5.41, 5.74) is 2.70. The SMILES string of the molecule is Oc1ccccc1C=Nc1ccccc1OCCCCOc1ccccc1N=Cc1ccccc1O. The van der Waals surface area contributed by atoms with Crippen LogP contribution in [0.15, 0.2) is 107 Å². The second-order valence-corrected chi connectivity index (χ2v) is 7.97. The standard InChI is InChI=1S/C30H28N2O4/c33-27-15-5-1-11-23(27)21-31-25-13-3-7-17-29(25)35-19-9-10-20-36-30-18-8-4-14-26(30)32-22-24-12-2-6-16-28(24)34/h1-8,11-18,21-22,33-34H,9-10,19-20H2. The van der Waals surface area contributed by atoms with E-state index in [-0.39, 0.29) is 11.5 Å². The van der Waals surface area contributed by atoms with Crippen molar-refractivity contribution >= 4 is 23.8 Å². The number of ether oxygens (including phenoxy) is 2. The number of benzene rings is 4. The van der Waals surface area contributed by atoms with Gasteiger partial charge in [0.05, 0.1) is 13.2 Å². The smallest absolute Gasteiger partial charge is 0.144 e. The first-order chi connectivity index (χ1) is 17.7. The third-order valence-corrected chi connectivity index (χ3v) is 5.34. The molecule has 0 amide bonds.